The standard InChI is InChI=1S/C14H27N/c1-11-6-7-13(10-15)14(8-11)9-12-4-2-3-5-12/h11-14H,2-10,15H2,1H3. The van der Waals surface area contributed by atoms with Crippen LogP contribution in [0.3, 0.4) is 0 Å². The van der Waals surface area contributed by atoms with E-state index in [-0.39, 0.29) is 0 Å². The fourth-order valence-corrected chi connectivity index (χ4v) is 3.83. The second-order valence-corrected chi connectivity index (χ2v) is 6.06. The first-order valence-electron chi connectivity index (χ1n) is 6.99. The van der Waals surface area contributed by atoms with Crippen LogP contribution in [0, 0.1) is 23.7 Å². The highest BCUT2D eigenvalue weighted by Crippen LogP contribution is 2.40. The Labute approximate surface area is 94.8 Å². The van der Waals surface area contributed by atoms with E-state index in [9.17, 15) is 0 Å². The Morgan fingerprint density at radius 2 is 1.73 bits per heavy atom. The summed E-state index contributed by atoms with van der Waals surface area (Å²) in [6.45, 7) is 3.36. The maximum Gasteiger partial charge on any atom is -0.00462 e. The Morgan fingerprint density at radius 3 is 2.40 bits per heavy atom. The zero-order valence-electron chi connectivity index (χ0n) is 10.3. The van der Waals surface area contributed by atoms with Crippen LogP contribution in [0.4, 0.5) is 0 Å². The van der Waals surface area contributed by atoms with Gasteiger partial charge in [0.2, 0.25) is 0 Å². The largest absolute Gasteiger partial charge is 0.330 e. The lowest BCUT2D eigenvalue weighted by atomic mass is 9.71. The number of rotatable bonds is 3. The van der Waals surface area contributed by atoms with E-state index in [0.29, 0.717) is 0 Å². The van der Waals surface area contributed by atoms with E-state index in [4.69, 9.17) is 5.73 Å². The van der Waals surface area contributed by atoms with E-state index in [1.165, 1.54) is 51.4 Å². The summed E-state index contributed by atoms with van der Waals surface area (Å²) < 4.78 is 0. The van der Waals surface area contributed by atoms with Gasteiger partial charge >= 0.3 is 0 Å². The fourth-order valence-electron chi connectivity index (χ4n) is 3.83. The summed E-state index contributed by atoms with van der Waals surface area (Å²) in [5.74, 6) is 3.82. The molecule has 2 aliphatic carbocycles. The van der Waals surface area contributed by atoms with E-state index in [1.54, 1.807) is 0 Å². The summed E-state index contributed by atoms with van der Waals surface area (Å²) in [7, 11) is 0. The maximum absolute atomic E-state index is 5.91. The monoisotopic (exact) mass is 209 g/mol. The van der Waals surface area contributed by atoms with Crippen LogP contribution < -0.4 is 5.73 Å². The molecule has 1 heteroatoms. The van der Waals surface area contributed by atoms with Crippen molar-refractivity contribution in [2.24, 2.45) is 29.4 Å². The summed E-state index contributed by atoms with van der Waals surface area (Å²) in [4.78, 5) is 0. The summed E-state index contributed by atoms with van der Waals surface area (Å²) >= 11 is 0. The van der Waals surface area contributed by atoms with E-state index in [0.717, 1.165) is 30.2 Å². The number of hydrogen-bond donors (Lipinski definition) is 1. The molecule has 1 nitrogen and oxygen atoms in total. The van der Waals surface area contributed by atoms with Crippen molar-refractivity contribution in [3.63, 3.8) is 0 Å². The SMILES string of the molecule is CC1CCC(CN)C(CC2CCCC2)C1. The van der Waals surface area contributed by atoms with Gasteiger partial charge in [-0.25, -0.2) is 0 Å². The van der Waals surface area contributed by atoms with Crippen LogP contribution >= 0.6 is 0 Å². The van der Waals surface area contributed by atoms with E-state index in [2.05, 4.69) is 6.92 Å². The molecule has 0 heterocycles. The molecule has 15 heavy (non-hydrogen) atoms. The molecule has 2 aliphatic rings. The minimum atomic E-state index is 0.849. The minimum Gasteiger partial charge on any atom is -0.330 e. The van der Waals surface area contributed by atoms with Crippen molar-refractivity contribution in [1.82, 2.24) is 0 Å². The predicted octanol–water partition coefficient (Wildman–Crippen LogP) is 3.58. The third-order valence-electron chi connectivity index (χ3n) is 4.82. The second kappa shape index (κ2) is 5.34. The molecule has 2 fully saturated rings. The third-order valence-corrected chi connectivity index (χ3v) is 4.82. The van der Waals surface area contributed by atoms with Crippen molar-refractivity contribution >= 4 is 0 Å². The highest BCUT2D eigenvalue weighted by molar-refractivity contribution is 4.82. The molecule has 2 N–H and O–H groups in total. The molecule has 0 bridgehead atoms. The Balaban J connectivity index is 1.85. The number of hydrogen-bond acceptors (Lipinski definition) is 1. The van der Waals surface area contributed by atoms with Crippen LogP contribution in [-0.4, -0.2) is 6.54 Å². The molecular formula is C14H27N. The molecule has 0 aliphatic heterocycles. The third kappa shape index (κ3) is 2.96. The van der Waals surface area contributed by atoms with Gasteiger partial charge in [-0.3, -0.25) is 0 Å². The number of nitrogens with two attached hydrogens (primary N) is 1. The first kappa shape index (κ1) is 11.4. The summed E-state index contributed by atoms with van der Waals surface area (Å²) in [5, 5.41) is 0. The highest BCUT2D eigenvalue weighted by Gasteiger charge is 2.30. The van der Waals surface area contributed by atoms with Crippen molar-refractivity contribution in [3.8, 4) is 0 Å². The highest BCUT2D eigenvalue weighted by atomic mass is 14.6. The van der Waals surface area contributed by atoms with Crippen molar-refractivity contribution in [2.75, 3.05) is 6.54 Å². The first-order valence-corrected chi connectivity index (χ1v) is 6.99. The van der Waals surface area contributed by atoms with E-state index < -0.39 is 0 Å². The van der Waals surface area contributed by atoms with Gasteiger partial charge < -0.3 is 5.73 Å². The zero-order chi connectivity index (χ0) is 10.7. The lowest BCUT2D eigenvalue weighted by Gasteiger charge is -2.35. The molecule has 0 aromatic carbocycles. The Morgan fingerprint density at radius 1 is 1.00 bits per heavy atom. The van der Waals surface area contributed by atoms with Crippen molar-refractivity contribution in [1.29, 1.82) is 0 Å². The van der Waals surface area contributed by atoms with Crippen molar-refractivity contribution < 1.29 is 0 Å². The smallest absolute Gasteiger partial charge is 0.00462 e. The van der Waals surface area contributed by atoms with Crippen LogP contribution in [0.15, 0.2) is 0 Å². The predicted molar refractivity (Wildman–Crippen MR) is 65.6 cm³/mol. The average Bonchev–Trinajstić information content (AvgIpc) is 2.71. The van der Waals surface area contributed by atoms with Gasteiger partial charge in [-0.15, -0.1) is 0 Å². The molecule has 0 aromatic heterocycles. The van der Waals surface area contributed by atoms with Gasteiger partial charge in [0, 0.05) is 0 Å². The lowest BCUT2D eigenvalue weighted by Crippen LogP contribution is -2.30. The molecule has 88 valence electrons. The zero-order valence-corrected chi connectivity index (χ0v) is 10.3. The van der Waals surface area contributed by atoms with Crippen LogP contribution in [-0.2, 0) is 0 Å². The first-order chi connectivity index (χ1) is 7.29. The molecule has 0 radical (unpaired) electrons. The summed E-state index contributed by atoms with van der Waals surface area (Å²) in [5.41, 5.74) is 5.91. The Hall–Kier alpha value is -0.0400. The molecule has 0 aromatic rings. The van der Waals surface area contributed by atoms with Crippen LogP contribution in [0.5, 0.6) is 0 Å². The van der Waals surface area contributed by atoms with E-state index >= 15 is 0 Å². The molecule has 3 unspecified atom stereocenters. The van der Waals surface area contributed by atoms with Crippen LogP contribution in [0.2, 0.25) is 0 Å². The average molecular weight is 209 g/mol. The normalized spacial score (nSPS) is 38.4. The Bertz CT molecular complexity index is 184. The molecule has 2 saturated carbocycles. The van der Waals surface area contributed by atoms with Crippen LogP contribution in [0.25, 0.3) is 0 Å². The van der Waals surface area contributed by atoms with Gasteiger partial charge in [0.25, 0.3) is 0 Å². The fraction of sp³-hybridized carbons (Fsp3) is 1.00. The van der Waals surface area contributed by atoms with Gasteiger partial charge in [-0.1, -0.05) is 39.0 Å². The topological polar surface area (TPSA) is 26.0 Å². The van der Waals surface area contributed by atoms with Gasteiger partial charge in [0.1, 0.15) is 0 Å². The van der Waals surface area contributed by atoms with Crippen molar-refractivity contribution in [2.45, 2.75) is 58.3 Å². The van der Waals surface area contributed by atoms with Gasteiger partial charge in [-0.05, 0) is 49.5 Å². The minimum absolute atomic E-state index is 0.849. The van der Waals surface area contributed by atoms with Crippen LogP contribution in [0.1, 0.15) is 58.3 Å². The van der Waals surface area contributed by atoms with E-state index in [1.807, 2.05) is 0 Å². The molecular weight excluding hydrogens is 182 g/mol. The molecule has 0 amide bonds. The molecule has 0 spiro atoms. The van der Waals surface area contributed by atoms with Crippen molar-refractivity contribution in [3.05, 3.63) is 0 Å². The lowest BCUT2D eigenvalue weighted by molar-refractivity contribution is 0.163. The van der Waals surface area contributed by atoms with Gasteiger partial charge in [-0.2, -0.15) is 0 Å². The molecule has 3 atom stereocenters. The Kier molecular flexibility index (Phi) is 4.07. The summed E-state index contributed by atoms with van der Waals surface area (Å²) in [6, 6.07) is 0. The molecule has 0 saturated heterocycles. The van der Waals surface area contributed by atoms with Gasteiger partial charge in [0.05, 0.1) is 0 Å². The van der Waals surface area contributed by atoms with Gasteiger partial charge in [0.15, 0.2) is 0 Å². The summed E-state index contributed by atoms with van der Waals surface area (Å²) in [6.07, 6.45) is 11.7. The second-order valence-electron chi connectivity index (χ2n) is 6.06. The quantitative estimate of drug-likeness (QED) is 0.755. The molecule has 2 rings (SSSR count). The maximum atomic E-state index is 5.91.